The molecule has 3 aromatic rings. The van der Waals surface area contributed by atoms with Crippen LogP contribution >= 0.6 is 0 Å². The fourth-order valence-electron chi connectivity index (χ4n) is 4.40. The average Bonchev–Trinajstić information content (AvgIpc) is 2.95. The van der Waals surface area contributed by atoms with Gasteiger partial charge in [-0.15, -0.1) is 0 Å². The van der Waals surface area contributed by atoms with Gasteiger partial charge in [-0.1, -0.05) is 13.0 Å². The summed E-state index contributed by atoms with van der Waals surface area (Å²) in [4.78, 5) is 31.9. The molecular formula is C28H31FN4O6S. The first-order chi connectivity index (χ1) is 19.0. The zero-order chi connectivity index (χ0) is 29.0. The standard InChI is InChI=1S/C28H31FN4O6S/c1-18-15-33(19(2)17-34)28(36)23-5-4-6-24(31-27(35)20-11-13-30-14-12-20)26(23)39-25(18)16-32(3)40(37,38)22-9-7-21(29)8-10-22/h4-14,18-19,25,34H,15-17H2,1-3H3,(H,31,35)/t18-,19+,25-/m1/s1. The molecule has 1 aliphatic rings. The first-order valence-electron chi connectivity index (χ1n) is 12.7. The Hall–Kier alpha value is -3.87. The van der Waals surface area contributed by atoms with Crippen LogP contribution in [0.3, 0.4) is 0 Å². The number of pyridine rings is 1. The molecule has 10 nitrogen and oxygen atoms in total. The molecule has 2 amide bonds. The molecule has 1 aliphatic heterocycles. The van der Waals surface area contributed by atoms with Crippen LogP contribution in [0, 0.1) is 11.7 Å². The van der Waals surface area contributed by atoms with Crippen molar-refractivity contribution in [2.24, 2.45) is 5.92 Å². The van der Waals surface area contributed by atoms with Gasteiger partial charge in [-0.3, -0.25) is 14.6 Å². The van der Waals surface area contributed by atoms with E-state index < -0.39 is 39.8 Å². The van der Waals surface area contributed by atoms with E-state index in [2.05, 4.69) is 10.3 Å². The Labute approximate surface area is 232 Å². The van der Waals surface area contributed by atoms with Crippen LogP contribution in [-0.4, -0.2) is 78.4 Å². The highest BCUT2D eigenvalue weighted by molar-refractivity contribution is 7.89. The van der Waals surface area contributed by atoms with Gasteiger partial charge in [-0.25, -0.2) is 12.8 Å². The normalized spacial score (nSPS) is 18.4. The SMILES string of the molecule is C[C@@H]1CN([C@@H](C)CO)C(=O)c2cccc(NC(=O)c3ccncc3)c2O[C@@H]1CN(C)S(=O)(=O)c1ccc(F)cc1. The van der Waals surface area contributed by atoms with Crippen LogP contribution in [0.25, 0.3) is 0 Å². The zero-order valence-electron chi connectivity index (χ0n) is 22.3. The van der Waals surface area contributed by atoms with E-state index in [1.54, 1.807) is 37.3 Å². The Balaban J connectivity index is 1.72. The molecule has 3 atom stereocenters. The summed E-state index contributed by atoms with van der Waals surface area (Å²) < 4.78 is 47.4. The molecule has 0 saturated heterocycles. The van der Waals surface area contributed by atoms with Crippen molar-refractivity contribution in [3.63, 3.8) is 0 Å². The minimum atomic E-state index is -4.00. The number of ether oxygens (including phenoxy) is 1. The van der Waals surface area contributed by atoms with Gasteiger partial charge in [-0.05, 0) is 55.5 Å². The molecule has 0 unspecified atom stereocenters. The number of aromatic nitrogens is 1. The van der Waals surface area contributed by atoms with Crippen LogP contribution in [0.1, 0.15) is 34.6 Å². The molecule has 0 saturated carbocycles. The molecule has 12 heteroatoms. The van der Waals surface area contributed by atoms with Crippen LogP contribution in [0.5, 0.6) is 5.75 Å². The van der Waals surface area contributed by atoms with Crippen LogP contribution in [-0.2, 0) is 10.0 Å². The molecule has 0 fully saturated rings. The lowest BCUT2D eigenvalue weighted by Gasteiger charge is -2.38. The number of hydrogen-bond donors (Lipinski definition) is 2. The Kier molecular flexibility index (Phi) is 8.82. The number of carbonyl (C=O) groups is 2. The van der Waals surface area contributed by atoms with Crippen molar-refractivity contribution in [3.8, 4) is 5.75 Å². The predicted octanol–water partition coefficient (Wildman–Crippen LogP) is 3.01. The smallest absolute Gasteiger partial charge is 0.258 e. The number of aliphatic hydroxyl groups is 1. The number of sulfonamides is 1. The fraction of sp³-hybridized carbons (Fsp3) is 0.321. The number of nitrogens with zero attached hydrogens (tertiary/aromatic N) is 3. The number of para-hydroxylation sites is 1. The number of benzene rings is 2. The molecule has 0 bridgehead atoms. The highest BCUT2D eigenvalue weighted by atomic mass is 32.2. The highest BCUT2D eigenvalue weighted by Crippen LogP contribution is 2.35. The van der Waals surface area contributed by atoms with Crippen molar-refractivity contribution in [1.82, 2.24) is 14.2 Å². The minimum absolute atomic E-state index is 0.0775. The summed E-state index contributed by atoms with van der Waals surface area (Å²) in [6.45, 7) is 3.32. The number of hydrogen-bond acceptors (Lipinski definition) is 7. The third-order valence-corrected chi connectivity index (χ3v) is 8.68. The summed E-state index contributed by atoms with van der Waals surface area (Å²) in [6.07, 6.45) is 2.20. The molecule has 40 heavy (non-hydrogen) atoms. The second-order valence-corrected chi connectivity index (χ2v) is 11.8. The quantitative estimate of drug-likeness (QED) is 0.426. The van der Waals surface area contributed by atoms with E-state index in [0.29, 0.717) is 5.56 Å². The number of anilines is 1. The monoisotopic (exact) mass is 570 g/mol. The number of amides is 2. The number of aliphatic hydroxyl groups excluding tert-OH is 1. The zero-order valence-corrected chi connectivity index (χ0v) is 23.1. The maximum absolute atomic E-state index is 13.6. The molecule has 1 aromatic heterocycles. The van der Waals surface area contributed by atoms with Crippen LogP contribution in [0.4, 0.5) is 10.1 Å². The van der Waals surface area contributed by atoms with E-state index in [0.717, 1.165) is 16.4 Å². The van der Waals surface area contributed by atoms with E-state index in [4.69, 9.17) is 4.74 Å². The van der Waals surface area contributed by atoms with Crippen molar-refractivity contribution in [2.45, 2.75) is 30.9 Å². The van der Waals surface area contributed by atoms with Crippen molar-refractivity contribution >= 4 is 27.5 Å². The molecule has 2 aromatic carbocycles. The molecule has 212 valence electrons. The molecule has 0 radical (unpaired) electrons. The van der Waals surface area contributed by atoms with Crippen LogP contribution in [0.15, 0.2) is 71.9 Å². The molecular weight excluding hydrogens is 539 g/mol. The highest BCUT2D eigenvalue weighted by Gasteiger charge is 2.36. The lowest BCUT2D eigenvalue weighted by Crippen LogP contribution is -2.50. The number of halogens is 1. The maximum atomic E-state index is 13.6. The first-order valence-corrected chi connectivity index (χ1v) is 14.1. The Morgan fingerprint density at radius 1 is 1.20 bits per heavy atom. The largest absolute Gasteiger partial charge is 0.486 e. The van der Waals surface area contributed by atoms with Gasteiger partial charge in [0.2, 0.25) is 10.0 Å². The van der Waals surface area contributed by atoms with Gasteiger partial charge in [0.25, 0.3) is 11.8 Å². The van der Waals surface area contributed by atoms with Gasteiger partial charge in [0, 0.05) is 37.5 Å². The van der Waals surface area contributed by atoms with Gasteiger partial charge in [-0.2, -0.15) is 4.31 Å². The topological polar surface area (TPSA) is 129 Å². The van der Waals surface area contributed by atoms with E-state index in [1.807, 2.05) is 6.92 Å². The summed E-state index contributed by atoms with van der Waals surface area (Å²) in [5.41, 5.74) is 0.733. The molecule has 0 aliphatic carbocycles. The first kappa shape index (κ1) is 29.1. The third kappa shape index (κ3) is 6.14. The predicted molar refractivity (Wildman–Crippen MR) is 146 cm³/mol. The van der Waals surface area contributed by atoms with Crippen molar-refractivity contribution in [2.75, 3.05) is 32.1 Å². The minimum Gasteiger partial charge on any atom is -0.486 e. The number of likely N-dealkylation sites (N-methyl/N-ethyl adjacent to an activating group) is 1. The van der Waals surface area contributed by atoms with Crippen molar-refractivity contribution < 1.29 is 32.2 Å². The van der Waals surface area contributed by atoms with Crippen molar-refractivity contribution in [3.05, 3.63) is 83.9 Å². The Morgan fingerprint density at radius 3 is 2.52 bits per heavy atom. The Morgan fingerprint density at radius 2 is 1.88 bits per heavy atom. The van der Waals surface area contributed by atoms with Gasteiger partial charge < -0.3 is 20.1 Å². The third-order valence-electron chi connectivity index (χ3n) is 6.84. The number of rotatable bonds is 8. The average molecular weight is 571 g/mol. The van der Waals surface area contributed by atoms with E-state index in [9.17, 15) is 27.5 Å². The molecule has 2 heterocycles. The second kappa shape index (κ2) is 12.1. The second-order valence-electron chi connectivity index (χ2n) is 9.73. The van der Waals surface area contributed by atoms with Gasteiger partial charge in [0.15, 0.2) is 5.75 Å². The van der Waals surface area contributed by atoms with Gasteiger partial charge >= 0.3 is 0 Å². The number of carbonyl (C=O) groups excluding carboxylic acids is 2. The molecule has 2 N–H and O–H groups in total. The maximum Gasteiger partial charge on any atom is 0.258 e. The summed E-state index contributed by atoms with van der Waals surface area (Å²) >= 11 is 0. The lowest BCUT2D eigenvalue weighted by atomic mass is 9.99. The van der Waals surface area contributed by atoms with Gasteiger partial charge in [0.05, 0.1) is 35.3 Å². The summed E-state index contributed by atoms with van der Waals surface area (Å²) in [5.74, 6) is -1.70. The Bertz CT molecular complexity index is 1470. The van der Waals surface area contributed by atoms with Crippen LogP contribution in [0.2, 0.25) is 0 Å². The summed E-state index contributed by atoms with van der Waals surface area (Å²) in [5, 5.41) is 12.6. The van der Waals surface area contributed by atoms with Gasteiger partial charge in [0.1, 0.15) is 11.9 Å². The number of fused-ring (bicyclic) bond motifs is 1. The van der Waals surface area contributed by atoms with E-state index >= 15 is 0 Å². The fourth-order valence-corrected chi connectivity index (χ4v) is 5.58. The summed E-state index contributed by atoms with van der Waals surface area (Å²) in [6, 6.07) is 11.8. The molecule has 0 spiro atoms. The number of nitrogens with one attached hydrogen (secondary N) is 1. The van der Waals surface area contributed by atoms with E-state index in [1.165, 1.54) is 36.5 Å². The van der Waals surface area contributed by atoms with Crippen LogP contribution < -0.4 is 10.1 Å². The van der Waals surface area contributed by atoms with Crippen molar-refractivity contribution in [1.29, 1.82) is 0 Å². The lowest BCUT2D eigenvalue weighted by molar-refractivity contribution is 0.0388. The van der Waals surface area contributed by atoms with E-state index in [-0.39, 0.29) is 47.5 Å². The summed E-state index contributed by atoms with van der Waals surface area (Å²) in [7, 11) is -2.60. The molecule has 4 rings (SSSR count).